The highest BCUT2D eigenvalue weighted by Crippen LogP contribution is 2.10. The van der Waals surface area contributed by atoms with Crippen LogP contribution in [0.2, 0.25) is 0 Å². The summed E-state index contributed by atoms with van der Waals surface area (Å²) in [6, 6.07) is 1.52. The first kappa shape index (κ1) is 9.45. The van der Waals surface area contributed by atoms with Gasteiger partial charge in [-0.1, -0.05) is 0 Å². The second kappa shape index (κ2) is 3.23. The van der Waals surface area contributed by atoms with Crippen molar-refractivity contribution in [3.8, 4) is 5.69 Å². The van der Waals surface area contributed by atoms with Crippen molar-refractivity contribution in [3.05, 3.63) is 29.8 Å². The maximum atomic E-state index is 10.7. The minimum atomic E-state index is -1.03. The molecule has 2 aromatic rings. The first-order valence-electron chi connectivity index (χ1n) is 4.37. The number of carboxylic acids is 1. The average molecular weight is 206 g/mol. The third kappa shape index (κ3) is 1.61. The molecule has 0 bridgehead atoms. The van der Waals surface area contributed by atoms with Gasteiger partial charge in [-0.05, 0) is 13.0 Å². The van der Waals surface area contributed by atoms with E-state index in [1.165, 1.54) is 6.07 Å². The van der Waals surface area contributed by atoms with Crippen LogP contribution in [-0.2, 0) is 7.05 Å². The van der Waals surface area contributed by atoms with Gasteiger partial charge in [0.1, 0.15) is 5.69 Å². The van der Waals surface area contributed by atoms with Crippen LogP contribution in [0.4, 0.5) is 0 Å². The molecule has 15 heavy (non-hydrogen) atoms. The van der Waals surface area contributed by atoms with Gasteiger partial charge in [0, 0.05) is 12.7 Å². The molecule has 0 unspecified atom stereocenters. The van der Waals surface area contributed by atoms with Crippen molar-refractivity contribution in [1.29, 1.82) is 0 Å². The summed E-state index contributed by atoms with van der Waals surface area (Å²) in [7, 11) is 1.79. The molecule has 0 aromatic carbocycles. The number of aromatic carboxylic acids is 1. The van der Waals surface area contributed by atoms with Crippen LogP contribution in [0.5, 0.6) is 0 Å². The molecule has 78 valence electrons. The summed E-state index contributed by atoms with van der Waals surface area (Å²) in [5, 5.41) is 16.7. The smallest absolute Gasteiger partial charge is 0.356 e. The van der Waals surface area contributed by atoms with E-state index in [1.54, 1.807) is 35.7 Å². The summed E-state index contributed by atoms with van der Waals surface area (Å²) in [6.45, 7) is 1.80. The Morgan fingerprint density at radius 2 is 2.27 bits per heavy atom. The summed E-state index contributed by atoms with van der Waals surface area (Å²) in [4.78, 5) is 10.7. The topological polar surface area (TPSA) is 72.9 Å². The number of aryl methyl sites for hydroxylation is 2. The highest BCUT2D eigenvalue weighted by atomic mass is 16.4. The van der Waals surface area contributed by atoms with E-state index in [1.807, 2.05) is 0 Å². The molecule has 2 heterocycles. The first-order valence-corrected chi connectivity index (χ1v) is 4.37. The van der Waals surface area contributed by atoms with E-state index in [2.05, 4.69) is 10.2 Å². The number of aromatic nitrogens is 4. The van der Waals surface area contributed by atoms with Gasteiger partial charge in [-0.15, -0.1) is 0 Å². The van der Waals surface area contributed by atoms with Gasteiger partial charge in [-0.25, -0.2) is 9.48 Å². The molecular formula is C9H10N4O2. The molecule has 0 saturated heterocycles. The average Bonchev–Trinajstić information content (AvgIpc) is 2.71. The Labute approximate surface area is 85.8 Å². The van der Waals surface area contributed by atoms with E-state index in [0.717, 1.165) is 11.4 Å². The third-order valence-electron chi connectivity index (χ3n) is 2.04. The second-order valence-corrected chi connectivity index (χ2v) is 3.26. The summed E-state index contributed by atoms with van der Waals surface area (Å²) >= 11 is 0. The zero-order valence-electron chi connectivity index (χ0n) is 8.38. The fourth-order valence-corrected chi connectivity index (χ4v) is 1.36. The van der Waals surface area contributed by atoms with Crippen molar-refractivity contribution in [1.82, 2.24) is 19.6 Å². The summed E-state index contributed by atoms with van der Waals surface area (Å²) in [5.41, 5.74) is 1.55. The van der Waals surface area contributed by atoms with E-state index in [-0.39, 0.29) is 5.69 Å². The molecule has 0 radical (unpaired) electrons. The second-order valence-electron chi connectivity index (χ2n) is 3.26. The Kier molecular flexibility index (Phi) is 2.03. The molecule has 0 atom stereocenters. The van der Waals surface area contributed by atoms with Gasteiger partial charge < -0.3 is 5.11 Å². The Morgan fingerprint density at radius 1 is 1.53 bits per heavy atom. The minimum Gasteiger partial charge on any atom is -0.476 e. The number of hydrogen-bond acceptors (Lipinski definition) is 3. The zero-order valence-corrected chi connectivity index (χ0v) is 8.38. The minimum absolute atomic E-state index is 0.0383. The monoisotopic (exact) mass is 206 g/mol. The number of carboxylic acid groups (broad SMARTS) is 1. The number of carbonyl (C=O) groups is 1. The van der Waals surface area contributed by atoms with Crippen molar-refractivity contribution >= 4 is 5.97 Å². The molecule has 0 aliphatic carbocycles. The van der Waals surface area contributed by atoms with Crippen LogP contribution in [0.25, 0.3) is 5.69 Å². The van der Waals surface area contributed by atoms with Gasteiger partial charge in [0.2, 0.25) is 0 Å². The highest BCUT2D eigenvalue weighted by molar-refractivity contribution is 5.85. The number of hydrogen-bond donors (Lipinski definition) is 1. The third-order valence-corrected chi connectivity index (χ3v) is 2.04. The van der Waals surface area contributed by atoms with Crippen LogP contribution in [0.1, 0.15) is 16.2 Å². The maximum Gasteiger partial charge on any atom is 0.356 e. The van der Waals surface area contributed by atoms with Crippen LogP contribution in [0.15, 0.2) is 18.5 Å². The lowest BCUT2D eigenvalue weighted by atomic mass is 10.4. The number of rotatable bonds is 2. The highest BCUT2D eigenvalue weighted by Gasteiger charge is 2.12. The number of nitrogens with zero attached hydrogens (tertiary/aromatic N) is 4. The van der Waals surface area contributed by atoms with E-state index in [4.69, 9.17) is 5.11 Å². The molecule has 2 aromatic heterocycles. The van der Waals surface area contributed by atoms with Gasteiger partial charge in [0.25, 0.3) is 0 Å². The lowest BCUT2D eigenvalue weighted by Crippen LogP contribution is -2.01. The molecule has 2 rings (SSSR count). The largest absolute Gasteiger partial charge is 0.476 e. The van der Waals surface area contributed by atoms with Gasteiger partial charge in [0.05, 0.1) is 12.4 Å². The first-order chi connectivity index (χ1) is 7.08. The Morgan fingerprint density at radius 3 is 2.73 bits per heavy atom. The van der Waals surface area contributed by atoms with Gasteiger partial charge >= 0.3 is 5.97 Å². The normalized spacial score (nSPS) is 10.5. The molecule has 0 amide bonds. The molecule has 0 spiro atoms. The molecule has 6 nitrogen and oxygen atoms in total. The summed E-state index contributed by atoms with van der Waals surface area (Å²) in [5.74, 6) is -1.03. The van der Waals surface area contributed by atoms with Crippen LogP contribution >= 0.6 is 0 Å². The Balaban J connectivity index is 2.49. The lowest BCUT2D eigenvalue weighted by Gasteiger charge is -1.97. The van der Waals surface area contributed by atoms with Crippen molar-refractivity contribution in [2.45, 2.75) is 6.92 Å². The van der Waals surface area contributed by atoms with E-state index >= 15 is 0 Å². The van der Waals surface area contributed by atoms with Crippen molar-refractivity contribution < 1.29 is 9.90 Å². The van der Waals surface area contributed by atoms with E-state index in [0.29, 0.717) is 0 Å². The molecule has 6 heteroatoms. The van der Waals surface area contributed by atoms with E-state index < -0.39 is 5.97 Å². The van der Waals surface area contributed by atoms with Crippen molar-refractivity contribution in [3.63, 3.8) is 0 Å². The molecule has 1 N–H and O–H groups in total. The van der Waals surface area contributed by atoms with Crippen molar-refractivity contribution in [2.24, 2.45) is 7.05 Å². The zero-order chi connectivity index (χ0) is 11.0. The van der Waals surface area contributed by atoms with Crippen LogP contribution < -0.4 is 0 Å². The van der Waals surface area contributed by atoms with Crippen LogP contribution in [0, 0.1) is 6.92 Å². The fourth-order valence-electron chi connectivity index (χ4n) is 1.36. The standard InChI is InChI=1S/C9H10N4O2/c1-6-3-8(9(14)15)11-13(6)7-4-10-12(2)5-7/h3-5H,1-2H3,(H,14,15). The Bertz CT molecular complexity index is 512. The molecule has 0 aliphatic rings. The Hall–Kier alpha value is -2.11. The van der Waals surface area contributed by atoms with Gasteiger partial charge in [-0.2, -0.15) is 10.2 Å². The summed E-state index contributed by atoms with van der Waals surface area (Å²) in [6.07, 6.45) is 3.40. The molecule has 0 saturated carbocycles. The predicted molar refractivity (Wildman–Crippen MR) is 52.0 cm³/mol. The van der Waals surface area contributed by atoms with Crippen LogP contribution in [-0.4, -0.2) is 30.6 Å². The lowest BCUT2D eigenvalue weighted by molar-refractivity contribution is 0.0690. The van der Waals surface area contributed by atoms with Gasteiger partial charge in [-0.3, -0.25) is 4.68 Å². The predicted octanol–water partition coefficient (Wildman–Crippen LogP) is 0.612. The van der Waals surface area contributed by atoms with Gasteiger partial charge in [0.15, 0.2) is 5.69 Å². The maximum absolute atomic E-state index is 10.7. The van der Waals surface area contributed by atoms with Crippen LogP contribution in [0.3, 0.4) is 0 Å². The molecular weight excluding hydrogens is 196 g/mol. The fraction of sp³-hybridized carbons (Fsp3) is 0.222. The quantitative estimate of drug-likeness (QED) is 0.781. The SMILES string of the molecule is Cc1cc(C(=O)O)nn1-c1cnn(C)c1. The molecule has 0 aliphatic heterocycles. The van der Waals surface area contributed by atoms with Crippen molar-refractivity contribution in [2.75, 3.05) is 0 Å². The molecule has 0 fully saturated rings. The summed E-state index contributed by atoms with van der Waals surface area (Å²) < 4.78 is 3.19. The van der Waals surface area contributed by atoms with E-state index in [9.17, 15) is 4.79 Å².